The molecule has 1 saturated carbocycles. The van der Waals surface area contributed by atoms with E-state index in [2.05, 4.69) is 42.2 Å². The Morgan fingerprint density at radius 3 is 2.43 bits per heavy atom. The Bertz CT molecular complexity index is 856. The van der Waals surface area contributed by atoms with Gasteiger partial charge in [0.05, 0.1) is 30.5 Å². The molecule has 37 heavy (non-hydrogen) atoms. The molecule has 5 atom stereocenters. The second-order valence-electron chi connectivity index (χ2n) is 11.0. The zero-order valence-electron chi connectivity index (χ0n) is 22.0. The van der Waals surface area contributed by atoms with Crippen molar-refractivity contribution in [2.75, 3.05) is 20.3 Å². The molecule has 3 N–H and O–H groups in total. The molecule has 9 nitrogen and oxygen atoms in total. The average molecular weight is 560 g/mol. The maximum atomic E-state index is 12.9. The Balaban J connectivity index is 1.26. The number of alkyl carbamates (subject to hydrolysis) is 1. The van der Waals surface area contributed by atoms with Crippen molar-refractivity contribution in [3.05, 3.63) is 11.6 Å². The van der Waals surface area contributed by atoms with Crippen molar-refractivity contribution in [2.24, 2.45) is 0 Å². The Hall–Kier alpha value is -0.985. The molecule has 0 aromatic carbocycles. The number of halogens is 1. The van der Waals surface area contributed by atoms with E-state index in [-0.39, 0.29) is 71.8 Å². The first-order valence-electron chi connectivity index (χ1n) is 13.1. The summed E-state index contributed by atoms with van der Waals surface area (Å²) in [5, 5.41) is 5.97. The van der Waals surface area contributed by atoms with Crippen LogP contribution in [0.5, 0.6) is 0 Å². The maximum Gasteiger partial charge on any atom is 0.406 e. The summed E-state index contributed by atoms with van der Waals surface area (Å²) < 4.78 is 38.8. The number of rotatable bonds is 11. The lowest BCUT2D eigenvalue weighted by molar-refractivity contribution is -0.120. The van der Waals surface area contributed by atoms with Crippen molar-refractivity contribution in [2.45, 2.75) is 107 Å². The first-order valence-corrected chi connectivity index (χ1v) is 15.2. The molecule has 3 aliphatic heterocycles. The van der Waals surface area contributed by atoms with Crippen molar-refractivity contribution in [1.29, 1.82) is 0 Å². The summed E-state index contributed by atoms with van der Waals surface area (Å²) in [6, 6.07) is -0.330. The number of ether oxygens (including phenoxy) is 3. The number of carbonyl (C=O) groups excluding carboxylic acids is 2. The van der Waals surface area contributed by atoms with E-state index in [9.17, 15) is 13.5 Å². The third-order valence-electron chi connectivity index (χ3n) is 8.23. The van der Waals surface area contributed by atoms with E-state index in [1.165, 1.54) is 5.57 Å². The fourth-order valence-electron chi connectivity index (χ4n) is 6.19. The van der Waals surface area contributed by atoms with Gasteiger partial charge < -0.3 is 29.5 Å². The van der Waals surface area contributed by atoms with Gasteiger partial charge in [-0.3, -0.25) is 4.79 Å². The van der Waals surface area contributed by atoms with Crippen molar-refractivity contribution in [3.63, 3.8) is 0 Å². The van der Waals surface area contributed by atoms with E-state index in [0.717, 1.165) is 49.5 Å². The van der Waals surface area contributed by atoms with Crippen LogP contribution in [-0.4, -0.2) is 74.6 Å². The van der Waals surface area contributed by atoms with Gasteiger partial charge in [-0.25, -0.2) is 9.52 Å². The molecule has 0 aromatic rings. The number of hydrogen-bond donors (Lipinski definition) is 3. The van der Waals surface area contributed by atoms with Crippen molar-refractivity contribution >= 4 is 41.1 Å². The minimum atomic E-state index is -0.432. The Labute approximate surface area is 227 Å². The minimum Gasteiger partial charge on any atom is -0.452 e. The highest BCUT2D eigenvalue weighted by Crippen LogP contribution is 2.62. The molecule has 4 aliphatic rings. The highest BCUT2D eigenvalue weighted by atomic mass is 33.1. The lowest BCUT2D eigenvalue weighted by atomic mass is 9.39. The van der Waals surface area contributed by atoms with Crippen LogP contribution in [0.25, 0.3) is 0 Å². The van der Waals surface area contributed by atoms with Gasteiger partial charge in [0.25, 0.3) is 0 Å². The molecule has 1 spiro atoms. The predicted octanol–water partition coefficient (Wildman–Crippen LogP) is 3.90. The Morgan fingerprint density at radius 2 is 1.84 bits per heavy atom. The van der Waals surface area contributed by atoms with E-state index < -0.39 is 6.09 Å². The minimum absolute atomic E-state index is 0.00602. The molecule has 4 fully saturated rings. The maximum absolute atomic E-state index is 12.9. The van der Waals surface area contributed by atoms with Crippen LogP contribution in [0, 0.1) is 0 Å². The SMILES string of the molecule is COB1C(OC(=O)N[C@H]2CC[C@H](NC(=O)CNSSF)CC2)CCC2(CO2)C1[C@]1(C)O[C@@H]1CC=C(C)C. The first kappa shape index (κ1) is 29.0. The van der Waals surface area contributed by atoms with Gasteiger partial charge in [-0.05, 0) is 65.7 Å². The topological polar surface area (TPSA) is 114 Å². The normalized spacial score (nSPS) is 36.6. The highest BCUT2D eigenvalue weighted by molar-refractivity contribution is 8.74. The van der Waals surface area contributed by atoms with Gasteiger partial charge in [-0.15, -0.1) is 0 Å². The van der Waals surface area contributed by atoms with Gasteiger partial charge in [0.1, 0.15) is 17.2 Å². The third-order valence-corrected chi connectivity index (χ3v) is 9.10. The molecule has 2 amide bonds. The Morgan fingerprint density at radius 1 is 1.16 bits per heavy atom. The second kappa shape index (κ2) is 12.5. The van der Waals surface area contributed by atoms with Crippen molar-refractivity contribution in [1.82, 2.24) is 15.4 Å². The number of carbonyl (C=O) groups is 2. The van der Waals surface area contributed by atoms with E-state index in [4.69, 9.17) is 18.9 Å². The predicted molar refractivity (Wildman–Crippen MR) is 144 cm³/mol. The van der Waals surface area contributed by atoms with E-state index in [1.807, 2.05) is 0 Å². The van der Waals surface area contributed by atoms with Gasteiger partial charge in [0.2, 0.25) is 5.91 Å². The van der Waals surface area contributed by atoms with E-state index in [0.29, 0.717) is 13.0 Å². The molecule has 1 aliphatic carbocycles. The van der Waals surface area contributed by atoms with Crippen LogP contribution in [0.15, 0.2) is 11.6 Å². The summed E-state index contributed by atoms with van der Waals surface area (Å²) in [5.41, 5.74) is 0.636. The van der Waals surface area contributed by atoms with Crippen LogP contribution in [0.2, 0.25) is 5.82 Å². The average Bonchev–Trinajstić information content (AvgIpc) is 3.77. The zero-order valence-corrected chi connectivity index (χ0v) is 23.7. The first-order chi connectivity index (χ1) is 17.7. The molecule has 0 radical (unpaired) electrons. The summed E-state index contributed by atoms with van der Waals surface area (Å²) in [6.07, 6.45) is 7.23. The van der Waals surface area contributed by atoms with Gasteiger partial charge in [0.15, 0.2) is 0 Å². The quantitative estimate of drug-likeness (QED) is 0.0866. The molecular weight excluding hydrogens is 520 g/mol. The van der Waals surface area contributed by atoms with Gasteiger partial charge in [-0.1, -0.05) is 11.6 Å². The van der Waals surface area contributed by atoms with Crippen LogP contribution >= 0.6 is 22.2 Å². The molecule has 3 heterocycles. The monoisotopic (exact) mass is 559 g/mol. The van der Waals surface area contributed by atoms with Crippen LogP contribution < -0.4 is 15.4 Å². The molecule has 4 rings (SSSR count). The smallest absolute Gasteiger partial charge is 0.406 e. The lowest BCUT2D eigenvalue weighted by Crippen LogP contribution is -2.56. The lowest BCUT2D eigenvalue weighted by Gasteiger charge is -2.40. The number of hydrogen-bond acceptors (Lipinski definition) is 9. The molecule has 0 aromatic heterocycles. The Kier molecular flexibility index (Phi) is 9.77. The number of allylic oxidation sites excluding steroid dienone is 1. The number of nitrogens with one attached hydrogen (secondary N) is 3. The fourth-order valence-corrected chi connectivity index (χ4v) is 6.73. The van der Waals surface area contributed by atoms with Crippen molar-refractivity contribution < 1.29 is 32.3 Å². The van der Waals surface area contributed by atoms with E-state index in [1.54, 1.807) is 7.11 Å². The largest absolute Gasteiger partial charge is 0.452 e. The van der Waals surface area contributed by atoms with E-state index >= 15 is 0 Å². The van der Waals surface area contributed by atoms with Crippen LogP contribution in [-0.2, 0) is 23.7 Å². The molecule has 3 saturated heterocycles. The van der Waals surface area contributed by atoms with Gasteiger partial charge >= 0.3 is 13.0 Å². The number of epoxide rings is 2. The van der Waals surface area contributed by atoms with Gasteiger partial charge in [0, 0.05) is 36.0 Å². The third kappa shape index (κ3) is 7.16. The summed E-state index contributed by atoms with van der Waals surface area (Å²) in [4.78, 5) is 24.8. The second-order valence-corrected chi connectivity index (χ2v) is 12.5. The van der Waals surface area contributed by atoms with Crippen LogP contribution in [0.4, 0.5) is 8.68 Å². The number of amides is 2. The molecule has 13 heteroatoms. The van der Waals surface area contributed by atoms with Crippen molar-refractivity contribution in [3.8, 4) is 0 Å². The van der Waals surface area contributed by atoms with Gasteiger partial charge in [-0.2, -0.15) is 3.89 Å². The molecule has 208 valence electrons. The summed E-state index contributed by atoms with van der Waals surface area (Å²) in [6.45, 7) is 6.74. The molecule has 3 unspecified atom stereocenters. The highest BCUT2D eigenvalue weighted by Gasteiger charge is 2.73. The fraction of sp³-hybridized carbons (Fsp3) is 0.833. The van der Waals surface area contributed by atoms with Crippen LogP contribution in [0.1, 0.15) is 65.7 Å². The summed E-state index contributed by atoms with van der Waals surface area (Å²) >= 11 is 0.0705. The molecule has 0 bridgehead atoms. The zero-order chi connectivity index (χ0) is 26.6. The van der Waals surface area contributed by atoms with Crippen LogP contribution in [0.3, 0.4) is 0 Å². The molecular formula is C24H39BFN3O6S2. The standard InChI is InChI=1S/C24H39BFN3O6S2/c1-15(2)5-10-18-23(3,35-18)21-24(14-33-24)12-11-19(25(21)32-4)34-22(31)29-17-8-6-16(7-9-17)28-20(30)13-27-37-36-26/h5,16-19,21,27H,6-14H2,1-4H3,(H,28,30)(H,29,31)/t16-,17-,18-,19?,21?,23-,24?/m1/s1. The summed E-state index contributed by atoms with van der Waals surface area (Å²) in [7, 11) is 2.46. The summed E-state index contributed by atoms with van der Waals surface area (Å²) in [5.74, 6) is -0.175.